The van der Waals surface area contributed by atoms with E-state index in [-0.39, 0.29) is 45.8 Å². The van der Waals surface area contributed by atoms with Crippen molar-refractivity contribution in [2.45, 2.75) is 190 Å². The van der Waals surface area contributed by atoms with Crippen LogP contribution in [0, 0.1) is 16.9 Å². The summed E-state index contributed by atoms with van der Waals surface area (Å²) in [5.41, 5.74) is 23.8. The second kappa shape index (κ2) is 35.9. The Labute approximate surface area is 535 Å². The highest BCUT2D eigenvalue weighted by atomic mass is 79.9. The molecule has 1 fully saturated rings. The molecule has 3 aromatic carbocycles. The van der Waals surface area contributed by atoms with Crippen LogP contribution in [0.1, 0.15) is 177 Å². The first-order valence-electron chi connectivity index (χ1n) is 27.5. The van der Waals surface area contributed by atoms with Crippen molar-refractivity contribution in [3.63, 3.8) is 0 Å². The van der Waals surface area contributed by atoms with Gasteiger partial charge in [0, 0.05) is 63.4 Å². The molecule has 8 rings (SSSR count). The summed E-state index contributed by atoms with van der Waals surface area (Å²) in [6, 6.07) is 19.1. The summed E-state index contributed by atoms with van der Waals surface area (Å²) in [5, 5.41) is 29.5. The molecule has 1 aromatic heterocycles. The Balaban J connectivity index is 0.00000121. The van der Waals surface area contributed by atoms with Crippen molar-refractivity contribution in [3.05, 3.63) is 104 Å². The van der Waals surface area contributed by atoms with Gasteiger partial charge >= 0.3 is 12.2 Å². The van der Waals surface area contributed by atoms with Gasteiger partial charge in [0.2, 0.25) is 0 Å². The average Bonchev–Trinajstić information content (AvgIpc) is 1.60. The van der Waals surface area contributed by atoms with E-state index in [1.165, 1.54) is 28.6 Å². The van der Waals surface area contributed by atoms with Gasteiger partial charge in [-0.05, 0) is 178 Å². The Bertz CT molecular complexity index is 3150. The molecule has 4 aromatic rings. The van der Waals surface area contributed by atoms with E-state index in [0.717, 1.165) is 56.8 Å². The van der Waals surface area contributed by atoms with E-state index in [2.05, 4.69) is 134 Å². The number of allylic oxidation sites excluding steroid dienone is 2. The van der Waals surface area contributed by atoms with Gasteiger partial charge in [-0.15, -0.1) is 0 Å². The number of nitrogens with zero attached hydrogens (tertiary/aromatic N) is 10. The molecule has 3 amide bonds. The number of amides is 3. The first-order chi connectivity index (χ1) is 39.5. The van der Waals surface area contributed by atoms with E-state index < -0.39 is 50.7 Å². The van der Waals surface area contributed by atoms with Gasteiger partial charge in [-0.25, -0.2) is 13.8 Å². The number of likely N-dealkylation sites (N-methyl/N-ethyl adjacent to an activating group) is 1. The molecule has 0 radical (unpaired) electrons. The standard InChI is InChI=1S/C25H34BrN3O5.C18H23N3.C12H13BrN2O2S.C2H6.CH5N.3CH4.H3N7/c1-24(2,3)33-22(31)27-13-12-16-15-29(18-10-7-9-17(26)20(16)18)21(30)19-11-8-14-28(19)23(32)34-25(4,5)6;1-12(2)10-13-6-5-9-18(20)16(11-19)21(3)15-8-4-7-14(13)17(15)18;1-12(2,3)18(17)15-10-9-7(13)5-4-6-8(9)14-11(10)16;2*1-2;;;;1-3-5-7-6-4-2/h7,9-10,15,19H,8,11-14H2,1-6H3,(H,27,31);4,7-8,10,13,16H,5-6,9,20H2,1-3H3;4-6H,1-3H3,(H,14,15,16);1-2H3;2H2,1H3;3*1H4;(H3,1,2,5,6)/t19-;13-,16-,18-;18-;;;;;;/m010....../s1. The summed E-state index contributed by atoms with van der Waals surface area (Å²) in [7, 11) is 2.03. The lowest BCUT2D eigenvalue weighted by Crippen LogP contribution is -2.49. The van der Waals surface area contributed by atoms with Crippen LogP contribution in [0.25, 0.3) is 10.9 Å². The fourth-order valence-electron chi connectivity index (χ4n) is 9.66. The number of alkyl carbamates (subject to hydrolysis) is 1. The molecule has 0 saturated carbocycles. The van der Waals surface area contributed by atoms with Gasteiger partial charge in [0.15, 0.2) is 0 Å². The van der Waals surface area contributed by atoms with Crippen molar-refractivity contribution in [1.82, 2.24) is 14.8 Å². The number of rotatable bonds is 8. The number of aromatic nitrogens is 1. The molecule has 1 aliphatic carbocycles. The number of likely N-dealkylation sites (tertiary alicyclic amines) is 1. The summed E-state index contributed by atoms with van der Waals surface area (Å²) in [4.78, 5) is 53.8. The number of halogens is 2. The van der Waals surface area contributed by atoms with Crippen molar-refractivity contribution >= 4 is 94.8 Å². The van der Waals surface area contributed by atoms with Crippen LogP contribution < -0.4 is 32.8 Å². The maximum Gasteiger partial charge on any atom is 0.410 e. The number of fused-ring (bicyclic) bond motifs is 2. The monoisotopic (exact) mass is 1350 g/mol. The Morgan fingerprint density at radius 2 is 1.52 bits per heavy atom. The number of carbonyl (C=O) groups is 4. The molecule has 9 N–H and O–H groups in total. The predicted molar refractivity (Wildman–Crippen MR) is 358 cm³/mol. The lowest BCUT2D eigenvalue weighted by molar-refractivity contribution is -0.110. The maximum atomic E-state index is 13.6. The van der Waals surface area contributed by atoms with Crippen molar-refractivity contribution < 1.29 is 32.9 Å². The summed E-state index contributed by atoms with van der Waals surface area (Å²) >= 11 is 6.98. The molecule has 482 valence electrons. The summed E-state index contributed by atoms with van der Waals surface area (Å²) in [6.07, 6.45) is 8.10. The zero-order valence-corrected chi connectivity index (χ0v) is 55.0. The molecule has 5 atom stereocenters. The van der Waals surface area contributed by atoms with E-state index in [9.17, 15) is 28.6 Å². The third-order valence-electron chi connectivity index (χ3n) is 12.9. The molecule has 0 bridgehead atoms. The number of nitrogens with two attached hydrogens (primary N) is 3. The number of hydrogen-bond donors (Lipinski definition) is 6. The third-order valence-corrected chi connectivity index (χ3v) is 15.6. The highest BCUT2D eigenvalue weighted by Crippen LogP contribution is 2.51. The number of ether oxygens (including phenoxy) is 2. The zero-order chi connectivity index (χ0) is 63.5. The molecule has 0 spiro atoms. The minimum Gasteiger partial charge on any atom is -0.444 e. The van der Waals surface area contributed by atoms with Gasteiger partial charge in [-0.1, -0.05) is 116 Å². The van der Waals surface area contributed by atoms with Crippen LogP contribution in [0.15, 0.2) is 112 Å². The number of anilines is 2. The minimum absolute atomic E-state index is 0. The van der Waals surface area contributed by atoms with E-state index >= 15 is 0 Å². The van der Waals surface area contributed by atoms with E-state index in [1.807, 2.05) is 114 Å². The molecule has 3 aliphatic heterocycles. The van der Waals surface area contributed by atoms with Gasteiger partial charge in [-0.2, -0.15) is 15.2 Å². The lowest BCUT2D eigenvalue weighted by Gasteiger charge is -2.29. The topological polar surface area (TPSA) is 339 Å². The lowest BCUT2D eigenvalue weighted by atomic mass is 9.81. The Hall–Kier alpha value is -6.79. The molecule has 4 heterocycles. The fraction of sp³-hybridized carbons (Fsp3) is 0.541. The normalized spacial score (nSPS) is 18.7. The van der Waals surface area contributed by atoms with Crippen molar-refractivity contribution in [3.8, 4) is 6.07 Å². The SMILES string of the molecule is C.C.C.CC.CC(C)(C)OC(=O)NCCc1cn(C(=O)[C@@H]2CCCN2C(=O)OC(C)(C)C)c2cccc(Br)c12.CC(C)(C)[S@](=O)N=C1C(=O)Nc2cccc(Br)c21.CC(C)=C[C@H]1CCC[C@]2(N)c3c1cccc3N(C)[C@@H]2C#N.CN.N=N/N=N/N=N/N. The fourth-order valence-corrected chi connectivity index (χ4v) is 11.4. The Morgan fingerprint density at radius 3 is 2.09 bits per heavy atom. The van der Waals surface area contributed by atoms with Crippen LogP contribution >= 0.6 is 31.9 Å². The zero-order valence-electron chi connectivity index (χ0n) is 51.0. The largest absolute Gasteiger partial charge is 0.444 e. The van der Waals surface area contributed by atoms with Gasteiger partial charge in [0.25, 0.3) is 11.8 Å². The van der Waals surface area contributed by atoms with Gasteiger partial charge in [0.05, 0.1) is 27.6 Å². The summed E-state index contributed by atoms with van der Waals surface area (Å²) in [5.74, 6) is 4.41. The first kappa shape index (κ1) is 80.2. The molecule has 26 heteroatoms. The van der Waals surface area contributed by atoms with Crippen molar-refractivity contribution in [1.29, 1.82) is 10.8 Å². The van der Waals surface area contributed by atoms with Crippen LogP contribution in [0.5, 0.6) is 0 Å². The molecule has 1 saturated heterocycles. The number of nitriles is 1. The predicted octanol–water partition coefficient (Wildman–Crippen LogP) is 14.7. The van der Waals surface area contributed by atoms with Gasteiger partial charge in [0.1, 0.15) is 40.0 Å². The Kier molecular flexibility index (Phi) is 33.1. The van der Waals surface area contributed by atoms with Crippen LogP contribution in [-0.2, 0) is 37.2 Å². The van der Waals surface area contributed by atoms with Gasteiger partial charge < -0.3 is 42.3 Å². The molecule has 87 heavy (non-hydrogen) atoms. The van der Waals surface area contributed by atoms with Crippen LogP contribution in [0.4, 0.5) is 21.0 Å². The Morgan fingerprint density at radius 1 is 0.908 bits per heavy atom. The summed E-state index contributed by atoms with van der Waals surface area (Å²) in [6.45, 7) is 25.5. The van der Waals surface area contributed by atoms with Crippen molar-refractivity contribution in [2.24, 2.45) is 47.8 Å². The molecule has 23 nitrogen and oxygen atoms in total. The van der Waals surface area contributed by atoms with Gasteiger partial charge in [-0.3, -0.25) is 19.1 Å². The highest BCUT2D eigenvalue weighted by molar-refractivity contribution is 9.11. The molecular formula is C61H96Br2N16O7S. The smallest absolute Gasteiger partial charge is 0.410 e. The second-order valence-electron chi connectivity index (χ2n) is 22.6. The van der Waals surface area contributed by atoms with E-state index in [0.29, 0.717) is 43.1 Å². The highest BCUT2D eigenvalue weighted by Gasteiger charge is 2.50. The number of hydrogen-bond acceptors (Lipinski definition) is 13. The first-order valence-corrected chi connectivity index (χ1v) is 30.2. The maximum absolute atomic E-state index is 13.6. The average molecular weight is 1360 g/mol. The molecule has 4 aliphatic rings. The summed E-state index contributed by atoms with van der Waals surface area (Å²) < 4.78 is 29.7. The van der Waals surface area contributed by atoms with Crippen LogP contribution in [0.3, 0.4) is 0 Å². The number of carbonyl (C=O) groups excluding carboxylic acids is 4. The number of nitrogens with one attached hydrogen (secondary N) is 3. The van der Waals surface area contributed by atoms with Crippen molar-refractivity contribution in [2.75, 3.05) is 37.4 Å². The molecule has 0 unspecified atom stereocenters. The van der Waals surface area contributed by atoms with Crippen LogP contribution in [0.2, 0.25) is 0 Å². The number of benzene rings is 3. The third kappa shape index (κ3) is 21.5. The second-order valence-corrected chi connectivity index (χ2v) is 26.2. The molecular weight excluding hydrogens is 1260 g/mol. The quantitative estimate of drug-likeness (QED) is 0.0415. The minimum atomic E-state index is -1.46. The van der Waals surface area contributed by atoms with E-state index in [1.54, 1.807) is 16.8 Å². The van der Waals surface area contributed by atoms with E-state index in [4.69, 9.17) is 20.7 Å². The van der Waals surface area contributed by atoms with Crippen LogP contribution in [-0.4, -0.2) is 98.6 Å².